The number of aryl methyl sites for hydroxylation is 2. The zero-order valence-corrected chi connectivity index (χ0v) is 36.7. The molecule has 0 aromatic heterocycles. The van der Waals surface area contributed by atoms with E-state index in [4.69, 9.17) is 9.47 Å². The fraction of sp³-hybridized carbons (Fsp3) is 0.731. The molecule has 4 nitrogen and oxygen atoms in total. The van der Waals surface area contributed by atoms with Gasteiger partial charge in [0.15, 0.2) is 0 Å². The highest BCUT2D eigenvalue weighted by molar-refractivity contribution is 5.72. The molecule has 0 N–H and O–H groups in total. The van der Waals surface area contributed by atoms with Gasteiger partial charge in [-0.1, -0.05) is 218 Å². The normalized spacial score (nSPS) is 11.2. The summed E-state index contributed by atoms with van der Waals surface area (Å²) in [4.78, 5) is 24.9. The van der Waals surface area contributed by atoms with Crippen molar-refractivity contribution >= 4 is 11.9 Å². The summed E-state index contributed by atoms with van der Waals surface area (Å²) in [6, 6.07) is 16.2. The number of esters is 2. The molecule has 0 unspecified atom stereocenters. The van der Waals surface area contributed by atoms with E-state index in [9.17, 15) is 9.59 Å². The van der Waals surface area contributed by atoms with E-state index in [1.807, 2.05) is 36.4 Å². The maximum Gasteiger partial charge on any atom is 0.311 e. The van der Waals surface area contributed by atoms with Gasteiger partial charge in [-0.05, 0) is 73.9 Å². The van der Waals surface area contributed by atoms with Gasteiger partial charge in [0.05, 0.1) is 0 Å². The number of ether oxygens (including phenoxy) is 2. The van der Waals surface area contributed by atoms with Crippen molar-refractivity contribution in [3.63, 3.8) is 0 Å². The van der Waals surface area contributed by atoms with Gasteiger partial charge >= 0.3 is 11.9 Å². The van der Waals surface area contributed by atoms with Crippen LogP contribution in [-0.4, -0.2) is 11.9 Å². The maximum absolute atomic E-state index is 12.5. The number of hydrogen-bond donors (Lipinski definition) is 0. The van der Waals surface area contributed by atoms with E-state index in [0.717, 1.165) is 51.4 Å². The van der Waals surface area contributed by atoms with Gasteiger partial charge in [0, 0.05) is 12.8 Å². The summed E-state index contributed by atoms with van der Waals surface area (Å²) in [5.74, 6) is 1.07. The third-order valence-corrected chi connectivity index (χ3v) is 11.4. The molecule has 0 fully saturated rings. The highest BCUT2D eigenvalue weighted by Crippen LogP contribution is 2.20. The Balaban J connectivity index is 1.41. The standard InChI is InChI=1S/C52H86O4/c1-3-5-7-9-11-13-15-17-19-21-23-27-31-37-47-39-35-41-49(45-47)55-51(53)43-33-29-25-26-30-34-44-52(54)56-50-42-36-40-48(46-50)38-32-28-24-22-20-18-16-14-12-10-8-6-4-2/h35-36,39-42,45-46H,3-34,37-38,43-44H2,1-2H3. The Bertz CT molecular complexity index is 1110. The Morgan fingerprint density at radius 3 is 0.929 bits per heavy atom. The Labute approximate surface area is 346 Å². The minimum Gasteiger partial charge on any atom is -0.427 e. The Morgan fingerprint density at radius 1 is 0.357 bits per heavy atom. The summed E-state index contributed by atoms with van der Waals surface area (Å²) < 4.78 is 11.3. The lowest BCUT2D eigenvalue weighted by Crippen LogP contribution is -2.08. The molecule has 4 heteroatoms. The van der Waals surface area contributed by atoms with Gasteiger partial charge in [0.1, 0.15) is 11.5 Å². The van der Waals surface area contributed by atoms with Crippen LogP contribution in [0.5, 0.6) is 11.5 Å². The van der Waals surface area contributed by atoms with E-state index < -0.39 is 0 Å². The third-order valence-electron chi connectivity index (χ3n) is 11.4. The van der Waals surface area contributed by atoms with Crippen molar-refractivity contribution in [2.45, 2.75) is 245 Å². The number of hydrogen-bond acceptors (Lipinski definition) is 4. The van der Waals surface area contributed by atoms with Crippen LogP contribution in [0.3, 0.4) is 0 Å². The molecular weight excluding hydrogens is 689 g/mol. The first kappa shape index (κ1) is 49.5. The molecule has 0 aliphatic rings. The van der Waals surface area contributed by atoms with Crippen molar-refractivity contribution in [1.29, 1.82) is 0 Å². The van der Waals surface area contributed by atoms with Crippen LogP contribution in [0.2, 0.25) is 0 Å². The first-order valence-corrected chi connectivity index (χ1v) is 24.2. The molecule has 318 valence electrons. The lowest BCUT2D eigenvalue weighted by atomic mass is 10.0. The zero-order valence-electron chi connectivity index (χ0n) is 36.7. The third kappa shape index (κ3) is 29.6. The summed E-state index contributed by atoms with van der Waals surface area (Å²) in [5, 5.41) is 0. The fourth-order valence-electron chi connectivity index (χ4n) is 7.83. The van der Waals surface area contributed by atoms with E-state index in [-0.39, 0.29) is 11.9 Å². The smallest absolute Gasteiger partial charge is 0.311 e. The molecular formula is C52H86O4. The summed E-state index contributed by atoms with van der Waals surface area (Å²) >= 11 is 0. The number of rotatable bonds is 39. The minimum atomic E-state index is -0.140. The van der Waals surface area contributed by atoms with Gasteiger partial charge in [0.25, 0.3) is 0 Å². The number of carbonyl (C=O) groups is 2. The molecule has 0 atom stereocenters. The van der Waals surface area contributed by atoms with Crippen LogP contribution in [0.4, 0.5) is 0 Å². The summed E-state index contributed by atoms with van der Waals surface area (Å²) in [7, 11) is 0. The summed E-state index contributed by atoms with van der Waals surface area (Å²) in [6.07, 6.45) is 44.4. The van der Waals surface area contributed by atoms with Crippen LogP contribution in [0, 0.1) is 0 Å². The van der Waals surface area contributed by atoms with Crippen molar-refractivity contribution in [1.82, 2.24) is 0 Å². The fourth-order valence-corrected chi connectivity index (χ4v) is 7.83. The molecule has 0 aliphatic heterocycles. The van der Waals surface area contributed by atoms with Gasteiger partial charge in [-0.15, -0.1) is 0 Å². The van der Waals surface area contributed by atoms with Crippen molar-refractivity contribution in [2.75, 3.05) is 0 Å². The van der Waals surface area contributed by atoms with Gasteiger partial charge in [-0.2, -0.15) is 0 Å². The van der Waals surface area contributed by atoms with Crippen LogP contribution in [0.15, 0.2) is 48.5 Å². The molecule has 2 aromatic carbocycles. The van der Waals surface area contributed by atoms with Crippen LogP contribution < -0.4 is 9.47 Å². The lowest BCUT2D eigenvalue weighted by molar-refractivity contribution is -0.135. The van der Waals surface area contributed by atoms with E-state index >= 15 is 0 Å². The quantitative estimate of drug-likeness (QED) is 0.0386. The highest BCUT2D eigenvalue weighted by Gasteiger charge is 2.08. The van der Waals surface area contributed by atoms with E-state index in [0.29, 0.717) is 24.3 Å². The average Bonchev–Trinajstić information content (AvgIpc) is 3.19. The minimum absolute atomic E-state index is 0.140. The van der Waals surface area contributed by atoms with Crippen LogP contribution in [-0.2, 0) is 22.4 Å². The average molecular weight is 775 g/mol. The van der Waals surface area contributed by atoms with E-state index in [1.165, 1.54) is 178 Å². The Morgan fingerprint density at radius 2 is 0.625 bits per heavy atom. The molecule has 0 amide bonds. The van der Waals surface area contributed by atoms with Crippen LogP contribution in [0.1, 0.15) is 243 Å². The Hall–Kier alpha value is -2.62. The monoisotopic (exact) mass is 775 g/mol. The number of benzene rings is 2. The van der Waals surface area contributed by atoms with Crippen molar-refractivity contribution in [3.8, 4) is 11.5 Å². The zero-order chi connectivity index (χ0) is 40.0. The maximum atomic E-state index is 12.5. The topological polar surface area (TPSA) is 52.6 Å². The van der Waals surface area contributed by atoms with E-state index in [1.54, 1.807) is 0 Å². The molecule has 0 bridgehead atoms. The van der Waals surface area contributed by atoms with Crippen molar-refractivity contribution in [2.24, 2.45) is 0 Å². The van der Waals surface area contributed by atoms with Gasteiger partial charge < -0.3 is 9.47 Å². The van der Waals surface area contributed by atoms with Crippen LogP contribution in [0.25, 0.3) is 0 Å². The summed E-state index contributed by atoms with van der Waals surface area (Å²) in [5.41, 5.74) is 2.52. The SMILES string of the molecule is CCCCCCCCCCCCCCCc1cccc(OC(=O)CCCCCCCCC(=O)Oc2cccc(CCCCCCCCCCCCCCC)c2)c1. The molecule has 56 heavy (non-hydrogen) atoms. The lowest BCUT2D eigenvalue weighted by Gasteiger charge is -2.08. The molecule has 0 saturated carbocycles. The first-order chi connectivity index (χ1) is 27.6. The Kier molecular flexibility index (Phi) is 32.5. The largest absolute Gasteiger partial charge is 0.427 e. The molecule has 0 saturated heterocycles. The molecule has 2 aromatic rings. The van der Waals surface area contributed by atoms with Gasteiger partial charge in [-0.25, -0.2) is 0 Å². The molecule has 2 rings (SSSR count). The number of carbonyl (C=O) groups excluding carboxylic acids is 2. The van der Waals surface area contributed by atoms with Crippen molar-refractivity contribution < 1.29 is 19.1 Å². The van der Waals surface area contributed by atoms with Gasteiger partial charge in [-0.3, -0.25) is 9.59 Å². The molecule has 0 aliphatic carbocycles. The number of unbranched alkanes of at least 4 members (excludes halogenated alkanes) is 29. The predicted molar refractivity (Wildman–Crippen MR) is 240 cm³/mol. The van der Waals surface area contributed by atoms with E-state index in [2.05, 4.69) is 26.0 Å². The highest BCUT2D eigenvalue weighted by atomic mass is 16.5. The second-order valence-corrected chi connectivity index (χ2v) is 16.8. The van der Waals surface area contributed by atoms with Crippen molar-refractivity contribution in [3.05, 3.63) is 59.7 Å². The molecule has 0 spiro atoms. The van der Waals surface area contributed by atoms with Gasteiger partial charge in [0.2, 0.25) is 0 Å². The molecule has 0 heterocycles. The molecule has 0 radical (unpaired) electrons. The first-order valence-electron chi connectivity index (χ1n) is 24.2. The van der Waals surface area contributed by atoms with Crippen LogP contribution >= 0.6 is 0 Å². The predicted octanol–water partition coefficient (Wildman–Crippen LogP) is 16.6. The summed E-state index contributed by atoms with van der Waals surface area (Å²) in [6.45, 7) is 4.57. The second kappa shape index (κ2) is 36.7. The second-order valence-electron chi connectivity index (χ2n) is 16.8.